The predicted molar refractivity (Wildman–Crippen MR) is 66.5 cm³/mol. The molecule has 144 valence electrons. The van der Waals surface area contributed by atoms with Crippen molar-refractivity contribution in [1.29, 1.82) is 0 Å². The summed E-state index contributed by atoms with van der Waals surface area (Å²) in [5.41, 5.74) is -2.06. The van der Waals surface area contributed by atoms with Crippen LogP contribution in [0.15, 0.2) is 36.5 Å². The Morgan fingerprint density at radius 1 is 0.615 bits per heavy atom. The third-order valence-corrected chi connectivity index (χ3v) is 3.51. The fourth-order valence-corrected chi connectivity index (χ4v) is 2.09. The molecule has 0 aliphatic rings. The van der Waals surface area contributed by atoms with Crippen LogP contribution < -0.4 is 0 Å². The minimum absolute atomic E-state index is 0.195. The number of aromatic nitrogens is 1. The predicted octanol–water partition coefficient (Wildman–Crippen LogP) is 5.79. The van der Waals surface area contributed by atoms with Gasteiger partial charge in [-0.25, -0.2) is 0 Å². The molecule has 0 saturated heterocycles. The van der Waals surface area contributed by atoms with Gasteiger partial charge >= 0.3 is 29.9 Å². The van der Waals surface area contributed by atoms with E-state index >= 15 is 0 Å². The second-order valence-electron chi connectivity index (χ2n) is 5.18. The Hall–Kier alpha value is -2.14. The first-order valence-electron chi connectivity index (χ1n) is 6.51. The van der Waals surface area contributed by atoms with Crippen molar-refractivity contribution < 1.29 is 48.3 Å². The minimum Gasteiger partial charge on any atom is -0.254 e. The number of benzene rings is 1. The smallest absolute Gasteiger partial charge is 0.254 e. The summed E-state index contributed by atoms with van der Waals surface area (Å²) in [5, 5.41) is -1.01. The lowest BCUT2D eigenvalue weighted by Gasteiger charge is -2.37. The molecule has 1 aromatic carbocycles. The lowest BCUT2D eigenvalue weighted by molar-refractivity contribution is -0.424. The second-order valence-corrected chi connectivity index (χ2v) is 5.18. The highest BCUT2D eigenvalue weighted by atomic mass is 19.4. The zero-order valence-electron chi connectivity index (χ0n) is 12.1. The van der Waals surface area contributed by atoms with Crippen LogP contribution in [0.5, 0.6) is 0 Å². The summed E-state index contributed by atoms with van der Waals surface area (Å²) in [5.74, 6) is -28.1. The maximum absolute atomic E-state index is 14.1. The molecule has 0 amide bonds. The summed E-state index contributed by atoms with van der Waals surface area (Å²) in [7, 11) is 0. The fraction of sp³-hybridized carbons (Fsp3) is 0.357. The van der Waals surface area contributed by atoms with Gasteiger partial charge < -0.3 is 0 Å². The first kappa shape index (κ1) is 20.2. The molecule has 0 aliphatic carbocycles. The number of pyridine rings is 1. The number of fused-ring (bicyclic) bond motifs is 1. The Kier molecular flexibility index (Phi) is 4.41. The summed E-state index contributed by atoms with van der Waals surface area (Å²) < 4.78 is 144. The Morgan fingerprint density at radius 2 is 1.15 bits per heavy atom. The molecule has 1 nitrogen and oxygen atoms in total. The average molecular weight is 397 g/mol. The number of rotatable bonds is 4. The normalized spacial score (nSPS) is 14.7. The van der Waals surface area contributed by atoms with Gasteiger partial charge in [-0.1, -0.05) is 24.3 Å². The van der Waals surface area contributed by atoms with E-state index in [4.69, 9.17) is 0 Å². The molecule has 0 bridgehead atoms. The first-order chi connectivity index (χ1) is 11.6. The topological polar surface area (TPSA) is 12.9 Å². The molecule has 1 aromatic heterocycles. The Bertz CT molecular complexity index is 805. The number of alkyl halides is 11. The standard InChI is InChI=1S/C14H6F11N/c15-10(16,9-8-4-2-1-3-7(8)5-6-26-9)11(17,18)12(19,20)13(21,22)14(23,24)25/h1-6H. The highest BCUT2D eigenvalue weighted by molar-refractivity contribution is 5.85. The molecule has 2 aromatic rings. The van der Waals surface area contributed by atoms with Crippen LogP contribution in [-0.4, -0.2) is 28.9 Å². The molecule has 0 aliphatic heterocycles. The lowest BCUT2D eigenvalue weighted by atomic mass is 9.93. The highest BCUT2D eigenvalue weighted by Gasteiger charge is 2.87. The number of hydrogen-bond acceptors (Lipinski definition) is 1. The van der Waals surface area contributed by atoms with Gasteiger partial charge in [0.05, 0.1) is 0 Å². The Labute approximate surface area is 137 Å². The summed E-state index contributed by atoms with van der Waals surface area (Å²) >= 11 is 0. The molecule has 0 saturated carbocycles. The number of nitrogens with zero attached hydrogens (tertiary/aromatic N) is 1. The van der Waals surface area contributed by atoms with E-state index in [9.17, 15) is 48.3 Å². The molecule has 2 rings (SSSR count). The van der Waals surface area contributed by atoms with Gasteiger partial charge in [0.1, 0.15) is 5.69 Å². The van der Waals surface area contributed by atoms with E-state index in [-0.39, 0.29) is 5.39 Å². The van der Waals surface area contributed by atoms with Gasteiger partial charge in [0.25, 0.3) is 0 Å². The van der Waals surface area contributed by atoms with Crippen LogP contribution in [0, 0.1) is 0 Å². The van der Waals surface area contributed by atoms with Crippen LogP contribution in [0.3, 0.4) is 0 Å². The van der Waals surface area contributed by atoms with Gasteiger partial charge in [-0.3, -0.25) is 4.98 Å². The van der Waals surface area contributed by atoms with E-state index in [0.717, 1.165) is 24.3 Å². The first-order valence-corrected chi connectivity index (χ1v) is 6.51. The summed E-state index contributed by atoms with van der Waals surface area (Å²) in [6, 6.07) is 5.16. The molecular formula is C14H6F11N. The molecule has 1 heterocycles. The molecule has 0 N–H and O–H groups in total. The van der Waals surface area contributed by atoms with Crippen molar-refractivity contribution in [2.24, 2.45) is 0 Å². The largest absolute Gasteiger partial charge is 0.460 e. The number of hydrogen-bond donors (Lipinski definition) is 0. The molecule has 0 radical (unpaired) electrons. The Balaban J connectivity index is 2.70. The van der Waals surface area contributed by atoms with E-state index in [1.807, 2.05) is 0 Å². The third-order valence-electron chi connectivity index (χ3n) is 3.51. The summed E-state index contributed by atoms with van der Waals surface area (Å²) in [6.45, 7) is 0. The van der Waals surface area contributed by atoms with Crippen molar-refractivity contribution >= 4 is 10.8 Å². The monoisotopic (exact) mass is 397 g/mol. The van der Waals surface area contributed by atoms with Crippen LogP contribution in [-0.2, 0) is 5.92 Å². The van der Waals surface area contributed by atoms with Crippen molar-refractivity contribution in [2.45, 2.75) is 29.9 Å². The SMILES string of the molecule is FC(F)(F)C(F)(F)C(F)(F)C(F)(F)C(F)(F)c1nccc2ccccc12. The number of halogens is 11. The van der Waals surface area contributed by atoms with Gasteiger partial charge in [0.2, 0.25) is 0 Å². The van der Waals surface area contributed by atoms with E-state index in [1.54, 1.807) is 0 Å². The van der Waals surface area contributed by atoms with E-state index in [0.29, 0.717) is 6.20 Å². The van der Waals surface area contributed by atoms with Crippen molar-refractivity contribution in [2.75, 3.05) is 0 Å². The summed E-state index contributed by atoms with van der Waals surface area (Å²) in [6.07, 6.45) is -6.69. The van der Waals surface area contributed by atoms with Crippen LogP contribution in [0.1, 0.15) is 5.69 Å². The van der Waals surface area contributed by atoms with E-state index in [1.165, 1.54) is 6.07 Å². The van der Waals surface area contributed by atoms with Crippen LogP contribution in [0.25, 0.3) is 10.8 Å². The summed E-state index contributed by atoms with van der Waals surface area (Å²) in [4.78, 5) is 2.81. The van der Waals surface area contributed by atoms with Crippen LogP contribution in [0.2, 0.25) is 0 Å². The third kappa shape index (κ3) is 2.57. The molecule has 0 fully saturated rings. The molecule has 26 heavy (non-hydrogen) atoms. The van der Waals surface area contributed by atoms with Gasteiger partial charge in [-0.2, -0.15) is 48.3 Å². The van der Waals surface area contributed by atoms with Crippen molar-refractivity contribution in [3.05, 3.63) is 42.2 Å². The maximum Gasteiger partial charge on any atom is 0.460 e. The minimum atomic E-state index is -7.46. The molecular weight excluding hydrogens is 391 g/mol. The Morgan fingerprint density at radius 3 is 1.69 bits per heavy atom. The molecule has 0 spiro atoms. The van der Waals surface area contributed by atoms with Crippen molar-refractivity contribution in [3.63, 3.8) is 0 Å². The van der Waals surface area contributed by atoms with Crippen LogP contribution >= 0.6 is 0 Å². The van der Waals surface area contributed by atoms with E-state index < -0.39 is 40.9 Å². The quantitative estimate of drug-likeness (QED) is 0.595. The fourth-order valence-electron chi connectivity index (χ4n) is 2.09. The van der Waals surface area contributed by atoms with Gasteiger partial charge in [-0.15, -0.1) is 0 Å². The highest BCUT2D eigenvalue weighted by Crippen LogP contribution is 2.59. The maximum atomic E-state index is 14.1. The van der Waals surface area contributed by atoms with Crippen LogP contribution in [0.4, 0.5) is 48.3 Å². The van der Waals surface area contributed by atoms with E-state index in [2.05, 4.69) is 4.98 Å². The zero-order chi connectivity index (χ0) is 20.2. The molecule has 0 unspecified atom stereocenters. The second kappa shape index (κ2) is 5.68. The van der Waals surface area contributed by atoms with Gasteiger partial charge in [-0.05, 0) is 11.5 Å². The lowest BCUT2D eigenvalue weighted by Crippen LogP contribution is -2.65. The molecule has 0 atom stereocenters. The van der Waals surface area contributed by atoms with Gasteiger partial charge in [0.15, 0.2) is 0 Å². The van der Waals surface area contributed by atoms with Crippen molar-refractivity contribution in [3.8, 4) is 0 Å². The average Bonchev–Trinajstić information content (AvgIpc) is 2.52. The molecule has 12 heteroatoms. The zero-order valence-corrected chi connectivity index (χ0v) is 12.1. The van der Waals surface area contributed by atoms with Gasteiger partial charge in [0, 0.05) is 11.6 Å². The van der Waals surface area contributed by atoms with Crippen molar-refractivity contribution in [1.82, 2.24) is 4.98 Å².